The lowest BCUT2D eigenvalue weighted by molar-refractivity contribution is -0.0928. The van der Waals surface area contributed by atoms with Crippen molar-refractivity contribution in [3.63, 3.8) is 0 Å². The number of hydrogen-bond donors (Lipinski definition) is 3. The van der Waals surface area contributed by atoms with E-state index in [2.05, 4.69) is 19.9 Å². The Hall–Kier alpha value is -6.35. The van der Waals surface area contributed by atoms with E-state index in [0.29, 0.717) is 22.9 Å². The van der Waals surface area contributed by atoms with Gasteiger partial charge < -0.3 is 34.1 Å². The van der Waals surface area contributed by atoms with E-state index >= 15 is 0 Å². The normalized spacial score (nSPS) is 17.1. The molecule has 14 heteroatoms. The number of carbonyl (C=O) groups is 1. The Morgan fingerprint density at radius 3 is 2.09 bits per heavy atom. The van der Waals surface area contributed by atoms with Gasteiger partial charge in [-0.1, -0.05) is 66.7 Å². The minimum absolute atomic E-state index is 0.0287. The van der Waals surface area contributed by atoms with Crippen LogP contribution in [0.1, 0.15) is 39.7 Å². The number of methoxy groups -OCH3 is 2. The highest BCUT2D eigenvalue weighted by Crippen LogP contribution is 2.43. The number of aromatic carboxylic acids is 1. The first-order chi connectivity index (χ1) is 26.6. The molecule has 0 bridgehead atoms. The summed E-state index contributed by atoms with van der Waals surface area (Å²) in [4.78, 5) is 42.9. The maximum absolute atomic E-state index is 13.4. The summed E-state index contributed by atoms with van der Waals surface area (Å²) in [6.45, 7) is -0.0493. The van der Waals surface area contributed by atoms with Crippen molar-refractivity contribution in [1.29, 1.82) is 0 Å². The lowest BCUT2D eigenvalue weighted by atomic mass is 9.80. The van der Waals surface area contributed by atoms with Gasteiger partial charge in [-0.3, -0.25) is 14.3 Å². The van der Waals surface area contributed by atoms with Gasteiger partial charge in [0.2, 0.25) is 5.95 Å². The summed E-state index contributed by atoms with van der Waals surface area (Å²) >= 11 is 0. The number of aromatic amines is 1. The highest BCUT2D eigenvalue weighted by molar-refractivity contribution is 5.88. The molecule has 282 valence electrons. The second-order valence-corrected chi connectivity index (χ2v) is 13.2. The van der Waals surface area contributed by atoms with E-state index in [9.17, 15) is 19.8 Å². The summed E-state index contributed by atoms with van der Waals surface area (Å²) in [6.07, 6.45) is -1.08. The molecule has 0 spiro atoms. The molecule has 4 aromatic carbocycles. The Labute approximate surface area is 316 Å². The number of aliphatic hydroxyl groups excluding tert-OH is 1. The van der Waals surface area contributed by atoms with Crippen molar-refractivity contribution in [3.8, 4) is 22.9 Å². The van der Waals surface area contributed by atoms with Gasteiger partial charge in [0, 0.05) is 26.1 Å². The maximum atomic E-state index is 13.4. The van der Waals surface area contributed by atoms with E-state index in [1.807, 2.05) is 78.9 Å². The Morgan fingerprint density at radius 2 is 1.53 bits per heavy atom. The first-order valence-electron chi connectivity index (χ1n) is 17.5. The van der Waals surface area contributed by atoms with Gasteiger partial charge in [0.1, 0.15) is 35.3 Å². The number of H-pyrrole nitrogens is 1. The van der Waals surface area contributed by atoms with Crippen LogP contribution < -0.4 is 15.0 Å². The molecule has 3 atom stereocenters. The zero-order valence-electron chi connectivity index (χ0n) is 30.6. The molecule has 1 aliphatic heterocycles. The van der Waals surface area contributed by atoms with Crippen molar-refractivity contribution in [2.75, 3.05) is 34.9 Å². The smallest absolute Gasteiger partial charge is 0.335 e. The van der Waals surface area contributed by atoms with Crippen LogP contribution in [0.25, 0.3) is 22.6 Å². The van der Waals surface area contributed by atoms with E-state index in [-0.39, 0.29) is 35.7 Å². The van der Waals surface area contributed by atoms with E-state index in [1.165, 1.54) is 18.5 Å². The maximum Gasteiger partial charge on any atom is 0.335 e. The molecule has 7 rings (SSSR count). The van der Waals surface area contributed by atoms with Crippen molar-refractivity contribution in [2.24, 2.45) is 4.99 Å². The second-order valence-electron chi connectivity index (χ2n) is 13.2. The van der Waals surface area contributed by atoms with Crippen LogP contribution >= 0.6 is 0 Å². The van der Waals surface area contributed by atoms with Crippen LogP contribution in [0.2, 0.25) is 0 Å². The Balaban J connectivity index is 1.30. The molecule has 0 radical (unpaired) electrons. The second kappa shape index (κ2) is 15.6. The zero-order valence-corrected chi connectivity index (χ0v) is 30.6. The summed E-state index contributed by atoms with van der Waals surface area (Å²) in [5.41, 5.74) is 1.60. The SMILES string of the molecule is COc1ccc(C(OC[C@H]2O[C@@H](n3c(-c4ccc(C(=O)O)cc4)nc4c(=O)[nH]c(N=CN(C)C)nc43)C[C@@H]2O)(c2ccccc2)c2ccc(OC)cc2)cc1. The van der Waals surface area contributed by atoms with Gasteiger partial charge in [0.05, 0.1) is 38.8 Å². The average molecular weight is 745 g/mol. The number of carboxylic acids is 1. The number of aromatic nitrogens is 4. The number of carboxylic acid groups (broad SMARTS) is 1. The molecule has 6 aromatic rings. The lowest BCUT2D eigenvalue weighted by Gasteiger charge is -2.37. The number of fused-ring (bicyclic) bond motifs is 1. The third-order valence-electron chi connectivity index (χ3n) is 9.47. The van der Waals surface area contributed by atoms with Crippen LogP contribution in [0.15, 0.2) is 113 Å². The van der Waals surface area contributed by atoms with Gasteiger partial charge in [-0.05, 0) is 53.1 Å². The van der Waals surface area contributed by atoms with Crippen LogP contribution in [0, 0.1) is 0 Å². The third-order valence-corrected chi connectivity index (χ3v) is 9.47. The third kappa shape index (κ3) is 7.30. The largest absolute Gasteiger partial charge is 0.497 e. The monoisotopic (exact) mass is 744 g/mol. The predicted molar refractivity (Wildman–Crippen MR) is 205 cm³/mol. The molecule has 14 nitrogen and oxygen atoms in total. The molecule has 1 saturated heterocycles. The van der Waals surface area contributed by atoms with Gasteiger partial charge in [0.15, 0.2) is 11.2 Å². The number of aliphatic hydroxyl groups is 1. The molecule has 2 aromatic heterocycles. The quantitative estimate of drug-likeness (QED) is 0.0787. The topological polar surface area (TPSA) is 174 Å². The molecule has 3 heterocycles. The van der Waals surface area contributed by atoms with Gasteiger partial charge in [0.25, 0.3) is 5.56 Å². The number of imidazole rings is 1. The number of aliphatic imine (C=N–C) groups is 1. The fourth-order valence-electron chi connectivity index (χ4n) is 6.75. The zero-order chi connectivity index (χ0) is 38.7. The van der Waals surface area contributed by atoms with Crippen molar-refractivity contribution in [3.05, 3.63) is 136 Å². The Kier molecular flexibility index (Phi) is 10.5. The van der Waals surface area contributed by atoms with Crippen molar-refractivity contribution < 1.29 is 34.0 Å². The van der Waals surface area contributed by atoms with E-state index in [4.69, 9.17) is 18.9 Å². The summed E-state index contributed by atoms with van der Waals surface area (Å²) < 4.78 is 26.3. The number of nitrogens with one attached hydrogen (secondary N) is 1. The fourth-order valence-corrected chi connectivity index (χ4v) is 6.75. The molecule has 3 N–H and O–H groups in total. The van der Waals surface area contributed by atoms with Crippen molar-refractivity contribution in [2.45, 2.75) is 30.5 Å². The van der Waals surface area contributed by atoms with Crippen LogP contribution in [0.5, 0.6) is 11.5 Å². The Morgan fingerprint density at radius 1 is 0.927 bits per heavy atom. The van der Waals surface area contributed by atoms with Crippen LogP contribution in [0.3, 0.4) is 0 Å². The lowest BCUT2D eigenvalue weighted by Crippen LogP contribution is -2.38. The van der Waals surface area contributed by atoms with Crippen molar-refractivity contribution in [1.82, 2.24) is 24.4 Å². The van der Waals surface area contributed by atoms with Crippen LogP contribution in [-0.4, -0.2) is 94.1 Å². The van der Waals surface area contributed by atoms with Crippen LogP contribution in [0.4, 0.5) is 5.95 Å². The molecule has 0 amide bonds. The first-order valence-corrected chi connectivity index (χ1v) is 17.5. The number of hydrogen-bond acceptors (Lipinski definition) is 10. The minimum atomic E-state index is -1.16. The predicted octanol–water partition coefficient (Wildman–Crippen LogP) is 5.38. The molecule has 0 saturated carbocycles. The molecular weight excluding hydrogens is 704 g/mol. The summed E-state index contributed by atoms with van der Waals surface area (Å²) in [7, 11) is 6.79. The number of ether oxygens (including phenoxy) is 4. The first kappa shape index (κ1) is 37.0. The van der Waals surface area contributed by atoms with Gasteiger partial charge >= 0.3 is 5.97 Å². The van der Waals surface area contributed by atoms with E-state index in [1.54, 1.807) is 49.9 Å². The molecule has 55 heavy (non-hydrogen) atoms. The van der Waals surface area contributed by atoms with Crippen molar-refractivity contribution >= 4 is 29.4 Å². The van der Waals surface area contributed by atoms with Gasteiger partial charge in [-0.15, -0.1) is 0 Å². The molecule has 0 unspecified atom stereocenters. The Bertz CT molecular complexity index is 2310. The number of benzene rings is 4. The number of rotatable bonds is 13. The molecule has 1 aliphatic rings. The standard InChI is InChI=1S/C41H40N6O8/c1-46(2)24-42-40-44-37-35(38(49)45-40)43-36(25-10-12-26(13-11-25)39(50)51)47(37)34-22-32(48)33(55-34)23-54-41(27-8-6-5-7-9-27,28-14-18-30(52-3)19-15-28)29-16-20-31(53-4)21-17-29/h5-21,24,32-34,48H,22-23H2,1-4H3,(H,50,51)(H,44,45,49)/t32-,33+,34+/m0/s1. The molecule has 1 fully saturated rings. The highest BCUT2D eigenvalue weighted by Gasteiger charge is 2.43. The van der Waals surface area contributed by atoms with E-state index in [0.717, 1.165) is 16.7 Å². The van der Waals surface area contributed by atoms with Gasteiger partial charge in [-0.25, -0.2) is 14.8 Å². The summed E-state index contributed by atoms with van der Waals surface area (Å²) in [5.74, 6) is 0.629. The summed E-state index contributed by atoms with van der Waals surface area (Å²) in [5, 5.41) is 21.1. The van der Waals surface area contributed by atoms with E-state index < -0.39 is 35.6 Å². The average Bonchev–Trinajstić information content (AvgIpc) is 3.78. The van der Waals surface area contributed by atoms with Gasteiger partial charge in [-0.2, -0.15) is 4.98 Å². The fraction of sp³-hybridized carbons (Fsp3) is 0.244. The van der Waals surface area contributed by atoms with Crippen LogP contribution in [-0.2, 0) is 15.1 Å². The number of nitrogens with zero attached hydrogens (tertiary/aromatic N) is 5. The summed E-state index contributed by atoms with van der Waals surface area (Å²) in [6, 6.07) is 31.2. The minimum Gasteiger partial charge on any atom is -0.497 e. The highest BCUT2D eigenvalue weighted by atomic mass is 16.6. The molecular formula is C41H40N6O8. The molecule has 0 aliphatic carbocycles.